The van der Waals surface area contributed by atoms with Gasteiger partial charge in [0.1, 0.15) is 24.1 Å². The predicted molar refractivity (Wildman–Crippen MR) is 117 cm³/mol. The smallest absolute Gasteiger partial charge is 0.258 e. The number of hydrogen-bond acceptors (Lipinski definition) is 5. The van der Waals surface area contributed by atoms with Crippen LogP contribution >= 0.6 is 11.8 Å². The zero-order valence-corrected chi connectivity index (χ0v) is 17.7. The summed E-state index contributed by atoms with van der Waals surface area (Å²) in [6, 6.07) is 16.2. The van der Waals surface area contributed by atoms with Crippen molar-refractivity contribution in [1.29, 1.82) is 0 Å². The minimum Gasteiger partial charge on any atom is -0.492 e. The summed E-state index contributed by atoms with van der Waals surface area (Å²) in [7, 11) is 0. The highest BCUT2D eigenvalue weighted by Crippen LogP contribution is 2.11. The lowest BCUT2D eigenvalue weighted by molar-refractivity contribution is -0.130. The third-order valence-electron chi connectivity index (χ3n) is 4.07. The monoisotopic (exact) mass is 416 g/mol. The van der Waals surface area contributed by atoms with Crippen LogP contribution in [0.3, 0.4) is 0 Å². The molecular formula is C22H28N2O4S. The summed E-state index contributed by atoms with van der Waals surface area (Å²) in [5, 5.41) is 5.58. The summed E-state index contributed by atoms with van der Waals surface area (Å²) in [5.74, 6) is 1.58. The van der Waals surface area contributed by atoms with Crippen LogP contribution in [-0.2, 0) is 9.59 Å². The lowest BCUT2D eigenvalue weighted by atomic mass is 10.2. The maximum Gasteiger partial charge on any atom is 0.258 e. The molecule has 0 radical (unpaired) electrons. The van der Waals surface area contributed by atoms with E-state index in [1.165, 1.54) is 0 Å². The van der Waals surface area contributed by atoms with E-state index in [1.807, 2.05) is 55.6 Å². The molecule has 2 rings (SSSR count). The fourth-order valence-electron chi connectivity index (χ4n) is 2.51. The van der Waals surface area contributed by atoms with Gasteiger partial charge in [-0.2, -0.15) is 11.8 Å². The summed E-state index contributed by atoms with van der Waals surface area (Å²) in [4.78, 5) is 24.7. The second-order valence-electron chi connectivity index (χ2n) is 6.46. The highest BCUT2D eigenvalue weighted by molar-refractivity contribution is 7.98. The Labute approximate surface area is 176 Å². The van der Waals surface area contributed by atoms with Crippen molar-refractivity contribution in [3.05, 3.63) is 60.2 Å². The molecule has 29 heavy (non-hydrogen) atoms. The zero-order valence-electron chi connectivity index (χ0n) is 16.9. The number of para-hydroxylation sites is 1. The van der Waals surface area contributed by atoms with E-state index < -0.39 is 6.04 Å². The van der Waals surface area contributed by atoms with Crippen LogP contribution in [0.5, 0.6) is 11.5 Å². The van der Waals surface area contributed by atoms with E-state index in [4.69, 9.17) is 9.47 Å². The first-order valence-corrected chi connectivity index (χ1v) is 10.9. The first kappa shape index (κ1) is 22.6. The Bertz CT molecular complexity index is 753. The van der Waals surface area contributed by atoms with Crippen molar-refractivity contribution in [2.45, 2.75) is 19.4 Å². The van der Waals surface area contributed by atoms with Crippen molar-refractivity contribution in [1.82, 2.24) is 10.6 Å². The standard InChI is InChI=1S/C22H28N2O4S/c1-17-8-10-19(11-9-17)27-14-13-23-22(26)20(12-15-29-2)24-21(25)16-28-18-6-4-3-5-7-18/h3-11,20H,12-16H2,1-2H3,(H,23,26)(H,24,25)/t20-/m1/s1. The SMILES string of the molecule is CSCC[C@@H](NC(=O)COc1ccccc1)C(=O)NCCOc1ccc(C)cc1. The van der Waals surface area contributed by atoms with Gasteiger partial charge in [0.25, 0.3) is 5.91 Å². The summed E-state index contributed by atoms with van der Waals surface area (Å²) >= 11 is 1.62. The molecule has 0 saturated carbocycles. The van der Waals surface area contributed by atoms with Gasteiger partial charge in [-0.15, -0.1) is 0 Å². The second kappa shape index (κ2) is 12.7. The van der Waals surface area contributed by atoms with E-state index in [0.29, 0.717) is 25.3 Å². The number of nitrogens with one attached hydrogen (secondary N) is 2. The highest BCUT2D eigenvalue weighted by atomic mass is 32.2. The summed E-state index contributed by atoms with van der Waals surface area (Å²) in [6.45, 7) is 2.59. The molecule has 0 aromatic heterocycles. The molecule has 2 N–H and O–H groups in total. The molecule has 1 atom stereocenters. The van der Waals surface area contributed by atoms with E-state index >= 15 is 0 Å². The van der Waals surface area contributed by atoms with E-state index in [9.17, 15) is 9.59 Å². The number of ether oxygens (including phenoxy) is 2. The first-order chi connectivity index (χ1) is 14.1. The van der Waals surface area contributed by atoms with Gasteiger partial charge in [-0.3, -0.25) is 9.59 Å². The van der Waals surface area contributed by atoms with Crippen LogP contribution in [0.15, 0.2) is 54.6 Å². The number of hydrogen-bond donors (Lipinski definition) is 2. The molecule has 6 nitrogen and oxygen atoms in total. The third kappa shape index (κ3) is 8.91. The molecule has 2 aromatic carbocycles. The predicted octanol–water partition coefficient (Wildman–Crippen LogP) is 2.81. The van der Waals surface area contributed by atoms with Crippen LogP contribution in [0.4, 0.5) is 0 Å². The number of thioether (sulfide) groups is 1. The molecule has 0 aliphatic heterocycles. The van der Waals surface area contributed by atoms with Crippen LogP contribution in [0.2, 0.25) is 0 Å². The number of carbonyl (C=O) groups is 2. The Hall–Kier alpha value is -2.67. The van der Waals surface area contributed by atoms with Crippen molar-refractivity contribution in [3.8, 4) is 11.5 Å². The Balaban J connectivity index is 1.75. The lowest BCUT2D eigenvalue weighted by Crippen LogP contribution is -2.49. The Kier molecular flexibility index (Phi) is 9.92. The molecule has 7 heteroatoms. The summed E-state index contributed by atoms with van der Waals surface area (Å²) < 4.78 is 11.1. The van der Waals surface area contributed by atoms with Gasteiger partial charge in [-0.25, -0.2) is 0 Å². The van der Waals surface area contributed by atoms with Gasteiger partial charge in [-0.1, -0.05) is 35.9 Å². The molecule has 0 saturated heterocycles. The molecule has 2 aromatic rings. The van der Waals surface area contributed by atoms with E-state index in [-0.39, 0.29) is 18.4 Å². The quantitative estimate of drug-likeness (QED) is 0.521. The molecule has 0 aliphatic rings. The van der Waals surface area contributed by atoms with E-state index in [2.05, 4.69) is 10.6 Å². The molecule has 0 unspecified atom stereocenters. The first-order valence-electron chi connectivity index (χ1n) is 9.52. The van der Waals surface area contributed by atoms with Gasteiger partial charge in [0, 0.05) is 0 Å². The Morgan fingerprint density at radius 3 is 2.38 bits per heavy atom. The third-order valence-corrected chi connectivity index (χ3v) is 4.71. The lowest BCUT2D eigenvalue weighted by Gasteiger charge is -2.18. The maximum atomic E-state index is 12.5. The maximum absolute atomic E-state index is 12.5. The van der Waals surface area contributed by atoms with E-state index in [0.717, 1.165) is 17.1 Å². The van der Waals surface area contributed by atoms with Crippen molar-refractivity contribution < 1.29 is 19.1 Å². The van der Waals surface area contributed by atoms with Crippen molar-refractivity contribution in [2.75, 3.05) is 31.8 Å². The van der Waals surface area contributed by atoms with Gasteiger partial charge in [0.05, 0.1) is 6.54 Å². The number of amides is 2. The van der Waals surface area contributed by atoms with Crippen LogP contribution in [0.25, 0.3) is 0 Å². The molecule has 0 spiro atoms. The molecule has 0 bridgehead atoms. The molecule has 2 amide bonds. The number of carbonyl (C=O) groups excluding carboxylic acids is 2. The fourth-order valence-corrected chi connectivity index (χ4v) is 2.98. The Morgan fingerprint density at radius 2 is 1.69 bits per heavy atom. The minimum absolute atomic E-state index is 0.135. The van der Waals surface area contributed by atoms with Crippen LogP contribution in [-0.4, -0.2) is 49.6 Å². The van der Waals surface area contributed by atoms with Crippen molar-refractivity contribution in [2.24, 2.45) is 0 Å². The van der Waals surface area contributed by atoms with Gasteiger partial charge in [0.2, 0.25) is 5.91 Å². The highest BCUT2D eigenvalue weighted by Gasteiger charge is 2.20. The zero-order chi connectivity index (χ0) is 20.9. The number of rotatable bonds is 12. The average Bonchev–Trinajstić information content (AvgIpc) is 2.74. The van der Waals surface area contributed by atoms with Gasteiger partial charge in [0.15, 0.2) is 6.61 Å². The van der Waals surface area contributed by atoms with Crippen molar-refractivity contribution in [3.63, 3.8) is 0 Å². The number of benzene rings is 2. The summed E-state index contributed by atoms with van der Waals surface area (Å²) in [5.41, 5.74) is 1.16. The van der Waals surface area contributed by atoms with Crippen LogP contribution in [0.1, 0.15) is 12.0 Å². The second-order valence-corrected chi connectivity index (χ2v) is 7.44. The van der Waals surface area contributed by atoms with Gasteiger partial charge < -0.3 is 20.1 Å². The average molecular weight is 417 g/mol. The normalized spacial score (nSPS) is 11.4. The molecular weight excluding hydrogens is 388 g/mol. The van der Waals surface area contributed by atoms with Gasteiger partial charge in [-0.05, 0) is 49.6 Å². The summed E-state index contributed by atoms with van der Waals surface area (Å²) in [6.07, 6.45) is 2.51. The van der Waals surface area contributed by atoms with E-state index in [1.54, 1.807) is 23.9 Å². The topological polar surface area (TPSA) is 76.7 Å². The van der Waals surface area contributed by atoms with Gasteiger partial charge >= 0.3 is 0 Å². The van der Waals surface area contributed by atoms with Crippen molar-refractivity contribution >= 4 is 23.6 Å². The molecule has 0 fully saturated rings. The molecule has 0 heterocycles. The molecule has 156 valence electrons. The minimum atomic E-state index is -0.603. The Morgan fingerprint density at radius 1 is 1.00 bits per heavy atom. The van der Waals surface area contributed by atoms with Crippen LogP contribution < -0.4 is 20.1 Å². The van der Waals surface area contributed by atoms with Crippen LogP contribution in [0, 0.1) is 6.92 Å². The largest absolute Gasteiger partial charge is 0.492 e. The number of aryl methyl sites for hydroxylation is 1. The molecule has 0 aliphatic carbocycles. The fraction of sp³-hybridized carbons (Fsp3) is 0.364.